The smallest absolute Gasteiger partial charge is 0.242 e. The van der Waals surface area contributed by atoms with Crippen LogP contribution in [0.25, 0.3) is 0 Å². The number of benzene rings is 3. The van der Waals surface area contributed by atoms with Gasteiger partial charge in [-0.15, -0.1) is 0 Å². The maximum atomic E-state index is 13.9. The number of carbonyl (C=O) groups excluding carboxylic acids is 2. The quantitative estimate of drug-likeness (QED) is 0.624. The van der Waals surface area contributed by atoms with Crippen molar-refractivity contribution < 1.29 is 9.59 Å². The molecule has 0 aromatic heterocycles. The zero-order chi connectivity index (χ0) is 23.4. The molecule has 2 amide bonds. The molecule has 2 saturated heterocycles. The zero-order valence-electron chi connectivity index (χ0n) is 19.4. The zero-order valence-corrected chi connectivity index (χ0v) is 19.4. The highest BCUT2D eigenvalue weighted by molar-refractivity contribution is 5.96. The third-order valence-corrected chi connectivity index (χ3v) is 7.20. The van der Waals surface area contributed by atoms with Crippen LogP contribution in [0.5, 0.6) is 0 Å². The number of nitrogens with zero attached hydrogens (tertiary/aromatic N) is 2. The Balaban J connectivity index is 1.30. The van der Waals surface area contributed by atoms with Crippen molar-refractivity contribution >= 4 is 11.8 Å². The summed E-state index contributed by atoms with van der Waals surface area (Å²) in [5.74, 6) is 0.0547. The van der Waals surface area contributed by atoms with E-state index in [9.17, 15) is 9.59 Å². The number of hydrogen-bond donors (Lipinski definition) is 1. The minimum Gasteiger partial charge on any atom is -0.338 e. The number of hydrogen-bond acceptors (Lipinski definition) is 3. The van der Waals surface area contributed by atoms with Gasteiger partial charge in [0.2, 0.25) is 11.8 Å². The summed E-state index contributed by atoms with van der Waals surface area (Å²) in [6.07, 6.45) is 1.56. The SMILES string of the molecule is O=C(CN1CCC(c2ccccc2)(c2ccccc2)C1=O)N1CCNC(Cc2ccccc2)C1. The fourth-order valence-corrected chi connectivity index (χ4v) is 5.43. The molecule has 2 aliphatic heterocycles. The minimum atomic E-state index is -0.734. The Morgan fingerprint density at radius 1 is 0.853 bits per heavy atom. The highest BCUT2D eigenvalue weighted by Gasteiger charge is 2.49. The van der Waals surface area contributed by atoms with E-state index in [1.54, 1.807) is 4.90 Å². The molecule has 174 valence electrons. The molecule has 0 radical (unpaired) electrons. The Bertz CT molecular complexity index is 1080. The standard InChI is InChI=1S/C29H31N3O2/c33-27(31-19-17-30-26(21-31)20-23-10-4-1-5-11-23)22-32-18-16-29(28(32)34,24-12-6-2-7-13-24)25-14-8-3-9-15-25/h1-15,26,30H,16-22H2. The summed E-state index contributed by atoms with van der Waals surface area (Å²) in [5.41, 5.74) is 2.51. The highest BCUT2D eigenvalue weighted by atomic mass is 16.2. The van der Waals surface area contributed by atoms with Crippen LogP contribution in [0.15, 0.2) is 91.0 Å². The molecule has 0 spiro atoms. The molecule has 0 saturated carbocycles. The first-order valence-electron chi connectivity index (χ1n) is 12.1. The van der Waals surface area contributed by atoms with E-state index in [0.717, 1.165) is 24.1 Å². The Kier molecular flexibility index (Phi) is 6.45. The van der Waals surface area contributed by atoms with Crippen LogP contribution in [0, 0.1) is 0 Å². The van der Waals surface area contributed by atoms with Crippen LogP contribution in [-0.4, -0.2) is 60.4 Å². The molecule has 2 heterocycles. The van der Waals surface area contributed by atoms with Crippen LogP contribution in [0.4, 0.5) is 0 Å². The first-order chi connectivity index (χ1) is 16.7. The maximum absolute atomic E-state index is 13.9. The Labute approximate surface area is 201 Å². The van der Waals surface area contributed by atoms with Gasteiger partial charge >= 0.3 is 0 Å². The van der Waals surface area contributed by atoms with E-state index < -0.39 is 5.41 Å². The molecule has 1 atom stereocenters. The summed E-state index contributed by atoms with van der Waals surface area (Å²) < 4.78 is 0. The van der Waals surface area contributed by atoms with Gasteiger partial charge in [-0.2, -0.15) is 0 Å². The third kappa shape index (κ3) is 4.36. The Morgan fingerprint density at radius 3 is 2.06 bits per heavy atom. The van der Waals surface area contributed by atoms with Gasteiger partial charge in [0.15, 0.2) is 0 Å². The van der Waals surface area contributed by atoms with Crippen molar-refractivity contribution in [1.82, 2.24) is 15.1 Å². The fraction of sp³-hybridized carbons (Fsp3) is 0.310. The van der Waals surface area contributed by atoms with Crippen LogP contribution in [0.2, 0.25) is 0 Å². The average Bonchev–Trinajstić information content (AvgIpc) is 3.22. The predicted molar refractivity (Wildman–Crippen MR) is 133 cm³/mol. The van der Waals surface area contributed by atoms with Gasteiger partial charge in [0.05, 0.1) is 6.54 Å². The number of rotatable bonds is 6. The summed E-state index contributed by atoms with van der Waals surface area (Å²) in [5, 5.41) is 3.54. The minimum absolute atomic E-state index is 0.0224. The molecule has 3 aromatic rings. The maximum Gasteiger partial charge on any atom is 0.242 e. The molecule has 5 heteroatoms. The summed E-state index contributed by atoms with van der Waals surface area (Å²) in [6, 6.07) is 30.6. The number of amides is 2. The van der Waals surface area contributed by atoms with Crippen molar-refractivity contribution in [1.29, 1.82) is 0 Å². The lowest BCUT2D eigenvalue weighted by Crippen LogP contribution is -2.55. The predicted octanol–water partition coefficient (Wildman–Crippen LogP) is 3.25. The van der Waals surface area contributed by atoms with Crippen molar-refractivity contribution in [2.45, 2.75) is 24.3 Å². The van der Waals surface area contributed by atoms with E-state index in [-0.39, 0.29) is 24.4 Å². The van der Waals surface area contributed by atoms with E-state index in [1.165, 1.54) is 5.56 Å². The Hall–Kier alpha value is -3.44. The van der Waals surface area contributed by atoms with E-state index in [2.05, 4.69) is 17.4 Å². The van der Waals surface area contributed by atoms with Gasteiger partial charge in [-0.05, 0) is 29.5 Å². The van der Waals surface area contributed by atoms with Gasteiger partial charge in [0, 0.05) is 32.2 Å². The van der Waals surface area contributed by atoms with Crippen molar-refractivity contribution in [3.05, 3.63) is 108 Å². The molecule has 2 aliphatic rings. The van der Waals surface area contributed by atoms with Crippen molar-refractivity contribution in [2.24, 2.45) is 0 Å². The second-order valence-electron chi connectivity index (χ2n) is 9.29. The van der Waals surface area contributed by atoms with E-state index >= 15 is 0 Å². The molecule has 0 aliphatic carbocycles. The van der Waals surface area contributed by atoms with E-state index in [0.29, 0.717) is 26.1 Å². The third-order valence-electron chi connectivity index (χ3n) is 7.20. The first-order valence-corrected chi connectivity index (χ1v) is 12.1. The lowest BCUT2D eigenvalue weighted by Gasteiger charge is -2.35. The lowest BCUT2D eigenvalue weighted by molar-refractivity contribution is -0.140. The number of piperazine rings is 1. The number of carbonyl (C=O) groups is 2. The number of likely N-dealkylation sites (tertiary alicyclic amines) is 1. The molecule has 2 fully saturated rings. The molecule has 3 aromatic carbocycles. The topological polar surface area (TPSA) is 52.7 Å². The lowest BCUT2D eigenvalue weighted by atomic mass is 9.73. The molecule has 5 nitrogen and oxygen atoms in total. The molecular weight excluding hydrogens is 422 g/mol. The van der Waals surface area contributed by atoms with Crippen LogP contribution >= 0.6 is 0 Å². The summed E-state index contributed by atoms with van der Waals surface area (Å²) in [6.45, 7) is 2.83. The van der Waals surface area contributed by atoms with Gasteiger partial charge in [-0.1, -0.05) is 91.0 Å². The molecule has 0 bridgehead atoms. The second-order valence-corrected chi connectivity index (χ2v) is 9.29. The summed E-state index contributed by atoms with van der Waals surface area (Å²) in [4.78, 5) is 30.9. The van der Waals surface area contributed by atoms with Crippen LogP contribution in [-0.2, 0) is 21.4 Å². The normalized spacial score (nSPS) is 19.9. The summed E-state index contributed by atoms with van der Waals surface area (Å²) in [7, 11) is 0. The van der Waals surface area contributed by atoms with Crippen molar-refractivity contribution in [3.63, 3.8) is 0 Å². The molecule has 5 rings (SSSR count). The van der Waals surface area contributed by atoms with Crippen LogP contribution in [0.3, 0.4) is 0 Å². The van der Waals surface area contributed by atoms with Crippen molar-refractivity contribution in [3.8, 4) is 0 Å². The summed E-state index contributed by atoms with van der Waals surface area (Å²) >= 11 is 0. The van der Waals surface area contributed by atoms with Crippen LogP contribution in [0.1, 0.15) is 23.1 Å². The van der Waals surface area contributed by atoms with Gasteiger partial charge in [-0.3, -0.25) is 9.59 Å². The average molecular weight is 454 g/mol. The van der Waals surface area contributed by atoms with Crippen molar-refractivity contribution in [2.75, 3.05) is 32.7 Å². The molecule has 1 unspecified atom stereocenters. The van der Waals surface area contributed by atoms with Crippen LogP contribution < -0.4 is 5.32 Å². The van der Waals surface area contributed by atoms with Gasteiger partial charge in [0.1, 0.15) is 5.41 Å². The second kappa shape index (κ2) is 9.82. The molecule has 1 N–H and O–H groups in total. The fourth-order valence-electron chi connectivity index (χ4n) is 5.43. The first kappa shape index (κ1) is 22.4. The Morgan fingerprint density at radius 2 is 1.44 bits per heavy atom. The highest BCUT2D eigenvalue weighted by Crippen LogP contribution is 2.41. The van der Waals surface area contributed by atoms with Gasteiger partial charge < -0.3 is 15.1 Å². The largest absolute Gasteiger partial charge is 0.338 e. The van der Waals surface area contributed by atoms with Gasteiger partial charge in [-0.25, -0.2) is 0 Å². The van der Waals surface area contributed by atoms with E-state index in [1.807, 2.05) is 83.8 Å². The number of nitrogens with one attached hydrogen (secondary N) is 1. The molecule has 34 heavy (non-hydrogen) atoms. The monoisotopic (exact) mass is 453 g/mol. The van der Waals surface area contributed by atoms with E-state index in [4.69, 9.17) is 0 Å². The van der Waals surface area contributed by atoms with Gasteiger partial charge in [0.25, 0.3) is 0 Å². The molecular formula is C29H31N3O2.